The molecule has 4 aromatic rings. The van der Waals surface area contributed by atoms with E-state index in [9.17, 15) is 13.2 Å². The highest BCUT2D eigenvalue weighted by molar-refractivity contribution is 7.93. The quantitative estimate of drug-likeness (QED) is 0.308. The van der Waals surface area contributed by atoms with Crippen LogP contribution in [-0.2, 0) is 33.1 Å². The number of para-hydroxylation sites is 1. The number of benzene rings is 4. The first-order chi connectivity index (χ1) is 18.6. The molecule has 0 saturated heterocycles. The third-order valence-electron chi connectivity index (χ3n) is 7.28. The van der Waals surface area contributed by atoms with Crippen molar-refractivity contribution in [2.75, 3.05) is 10.8 Å². The normalized spacial score (nSPS) is 15.2. The minimum absolute atomic E-state index is 0.0905. The second-order valence-electron chi connectivity index (χ2n) is 11.0. The van der Waals surface area contributed by atoms with Crippen LogP contribution < -0.4 is 9.62 Å². The summed E-state index contributed by atoms with van der Waals surface area (Å²) in [5.74, 6) is -0.290. The van der Waals surface area contributed by atoms with Crippen LogP contribution in [0.1, 0.15) is 37.5 Å². The second-order valence-corrected chi connectivity index (χ2v) is 12.8. The molecule has 0 aliphatic carbocycles. The van der Waals surface area contributed by atoms with Gasteiger partial charge in [-0.3, -0.25) is 9.10 Å². The Morgan fingerprint density at radius 3 is 2.10 bits per heavy atom. The van der Waals surface area contributed by atoms with Crippen molar-refractivity contribution in [1.82, 2.24) is 5.32 Å². The van der Waals surface area contributed by atoms with E-state index in [1.165, 1.54) is 4.31 Å². The lowest BCUT2D eigenvalue weighted by Crippen LogP contribution is -2.48. The summed E-state index contributed by atoms with van der Waals surface area (Å²) in [6, 6.07) is 32.0. The topological polar surface area (TPSA) is 66.5 Å². The van der Waals surface area contributed by atoms with Crippen LogP contribution in [-0.4, -0.2) is 26.9 Å². The van der Waals surface area contributed by atoms with Gasteiger partial charge in [0, 0.05) is 13.0 Å². The van der Waals surface area contributed by atoms with E-state index in [1.54, 1.807) is 18.2 Å². The molecule has 4 aromatic carbocycles. The van der Waals surface area contributed by atoms with Crippen molar-refractivity contribution in [1.29, 1.82) is 0 Å². The Kier molecular flexibility index (Phi) is 7.32. The SMILES string of the molecule is CC(C)(C)c1ccc(S(=O)(=O)N2c3ccccc3C[C@H]2C(=O)NCCc2ccc(-c3ccccc3)cc2)cc1. The molecular formula is C33H34N2O3S. The van der Waals surface area contributed by atoms with Crippen molar-refractivity contribution in [2.45, 2.75) is 50.0 Å². The summed E-state index contributed by atoms with van der Waals surface area (Å²) in [6.45, 7) is 6.69. The van der Waals surface area contributed by atoms with Crippen molar-refractivity contribution in [3.63, 3.8) is 0 Å². The Hall–Kier alpha value is -3.90. The molecule has 0 bridgehead atoms. The first-order valence-electron chi connectivity index (χ1n) is 13.3. The van der Waals surface area contributed by atoms with Gasteiger partial charge in [0.1, 0.15) is 6.04 Å². The lowest BCUT2D eigenvalue weighted by molar-refractivity contribution is -0.122. The minimum atomic E-state index is -3.94. The molecule has 0 saturated carbocycles. The Labute approximate surface area is 231 Å². The van der Waals surface area contributed by atoms with Crippen LogP contribution in [0, 0.1) is 0 Å². The zero-order chi connectivity index (χ0) is 27.6. The van der Waals surface area contributed by atoms with Crippen LogP contribution in [0.25, 0.3) is 11.1 Å². The number of nitrogens with one attached hydrogen (secondary N) is 1. The Morgan fingerprint density at radius 1 is 0.821 bits per heavy atom. The van der Waals surface area contributed by atoms with Gasteiger partial charge >= 0.3 is 0 Å². The molecule has 6 heteroatoms. The molecule has 0 fully saturated rings. The minimum Gasteiger partial charge on any atom is -0.354 e. The van der Waals surface area contributed by atoms with E-state index in [2.05, 4.69) is 62.5 Å². The van der Waals surface area contributed by atoms with Gasteiger partial charge in [-0.1, -0.05) is 106 Å². The molecule has 1 aliphatic heterocycles. The second kappa shape index (κ2) is 10.7. The number of hydrogen-bond donors (Lipinski definition) is 1. The number of sulfonamides is 1. The maximum Gasteiger partial charge on any atom is 0.265 e. The molecule has 1 aliphatic rings. The molecule has 0 unspecified atom stereocenters. The fourth-order valence-corrected chi connectivity index (χ4v) is 6.69. The van der Waals surface area contributed by atoms with E-state index in [4.69, 9.17) is 0 Å². The number of nitrogens with zero attached hydrogens (tertiary/aromatic N) is 1. The van der Waals surface area contributed by atoms with Crippen molar-refractivity contribution in [3.8, 4) is 11.1 Å². The number of carbonyl (C=O) groups is 1. The van der Waals surface area contributed by atoms with Gasteiger partial charge in [0.2, 0.25) is 5.91 Å². The van der Waals surface area contributed by atoms with Gasteiger partial charge in [-0.15, -0.1) is 0 Å². The smallest absolute Gasteiger partial charge is 0.265 e. The fraction of sp³-hybridized carbons (Fsp3) is 0.242. The largest absolute Gasteiger partial charge is 0.354 e. The molecule has 0 spiro atoms. The molecule has 1 N–H and O–H groups in total. The number of carbonyl (C=O) groups excluding carboxylic acids is 1. The average molecular weight is 539 g/mol. The van der Waals surface area contributed by atoms with Crippen LogP contribution in [0.3, 0.4) is 0 Å². The van der Waals surface area contributed by atoms with E-state index in [0.29, 0.717) is 25.1 Å². The third kappa shape index (κ3) is 5.62. The number of fused-ring (bicyclic) bond motifs is 1. The third-order valence-corrected chi connectivity index (χ3v) is 9.12. The van der Waals surface area contributed by atoms with Crippen molar-refractivity contribution in [3.05, 3.63) is 120 Å². The van der Waals surface area contributed by atoms with E-state index in [1.807, 2.05) is 48.5 Å². The molecule has 39 heavy (non-hydrogen) atoms. The predicted octanol–water partition coefficient (Wildman–Crippen LogP) is 6.13. The van der Waals surface area contributed by atoms with Crippen molar-refractivity contribution in [2.24, 2.45) is 0 Å². The van der Waals surface area contributed by atoms with Gasteiger partial charge < -0.3 is 5.32 Å². The predicted molar refractivity (Wildman–Crippen MR) is 157 cm³/mol. The van der Waals surface area contributed by atoms with Crippen molar-refractivity contribution < 1.29 is 13.2 Å². The summed E-state index contributed by atoms with van der Waals surface area (Å²) in [4.78, 5) is 13.6. The molecule has 5 rings (SSSR count). The highest BCUT2D eigenvalue weighted by Gasteiger charge is 2.42. The maximum absolute atomic E-state index is 13.9. The van der Waals surface area contributed by atoms with Gasteiger partial charge in [-0.25, -0.2) is 8.42 Å². The zero-order valence-electron chi connectivity index (χ0n) is 22.6. The Balaban J connectivity index is 1.31. The van der Waals surface area contributed by atoms with Gasteiger partial charge in [0.05, 0.1) is 10.6 Å². The molecule has 0 aromatic heterocycles. The lowest BCUT2D eigenvalue weighted by atomic mass is 9.87. The van der Waals surface area contributed by atoms with Gasteiger partial charge in [-0.2, -0.15) is 0 Å². The molecule has 1 amide bonds. The van der Waals surface area contributed by atoms with E-state index in [-0.39, 0.29) is 16.2 Å². The average Bonchev–Trinajstić information content (AvgIpc) is 3.34. The standard InChI is InChI=1S/C33H34N2O3S/c1-33(2,3)28-17-19-29(20-18-28)39(37,38)35-30-12-8-7-11-27(30)23-31(35)32(36)34-22-21-24-13-15-26(16-14-24)25-9-5-4-6-10-25/h4-20,31H,21-23H2,1-3H3,(H,34,36)/t31-/m0/s1. The van der Waals surface area contributed by atoms with Gasteiger partial charge in [-0.05, 0) is 57.9 Å². The van der Waals surface area contributed by atoms with Crippen LogP contribution in [0.5, 0.6) is 0 Å². The summed E-state index contributed by atoms with van der Waals surface area (Å²) in [5.41, 5.74) is 5.78. The maximum atomic E-state index is 13.9. The Bertz CT molecular complexity index is 1560. The molecule has 5 nitrogen and oxygen atoms in total. The highest BCUT2D eigenvalue weighted by Crippen LogP contribution is 2.37. The number of rotatable bonds is 7. The van der Waals surface area contributed by atoms with Gasteiger partial charge in [0.15, 0.2) is 0 Å². The van der Waals surface area contributed by atoms with Crippen molar-refractivity contribution >= 4 is 21.6 Å². The summed E-state index contributed by atoms with van der Waals surface area (Å²) in [6.07, 6.45) is 0.995. The summed E-state index contributed by atoms with van der Waals surface area (Å²) < 4.78 is 29.0. The molecule has 1 atom stereocenters. The zero-order valence-corrected chi connectivity index (χ0v) is 23.4. The summed E-state index contributed by atoms with van der Waals surface area (Å²) in [7, 11) is -3.94. The number of anilines is 1. The number of hydrogen-bond acceptors (Lipinski definition) is 3. The summed E-state index contributed by atoms with van der Waals surface area (Å²) >= 11 is 0. The molecule has 1 heterocycles. The van der Waals surface area contributed by atoms with E-state index in [0.717, 1.165) is 27.8 Å². The molecule has 200 valence electrons. The number of amides is 1. The highest BCUT2D eigenvalue weighted by atomic mass is 32.2. The van der Waals surface area contributed by atoms with Crippen LogP contribution in [0.2, 0.25) is 0 Å². The first kappa shape index (κ1) is 26.7. The van der Waals surface area contributed by atoms with Crippen LogP contribution in [0.4, 0.5) is 5.69 Å². The molecular weight excluding hydrogens is 504 g/mol. The lowest BCUT2D eigenvalue weighted by Gasteiger charge is -2.27. The van der Waals surface area contributed by atoms with Crippen LogP contribution >= 0.6 is 0 Å². The van der Waals surface area contributed by atoms with Gasteiger partial charge in [0.25, 0.3) is 10.0 Å². The molecule has 0 radical (unpaired) electrons. The van der Waals surface area contributed by atoms with E-state index < -0.39 is 16.1 Å². The fourth-order valence-electron chi connectivity index (χ4n) is 5.04. The monoisotopic (exact) mass is 538 g/mol. The first-order valence-corrected chi connectivity index (χ1v) is 14.7. The van der Waals surface area contributed by atoms with Crippen LogP contribution in [0.15, 0.2) is 108 Å². The van der Waals surface area contributed by atoms with E-state index >= 15 is 0 Å². The summed E-state index contributed by atoms with van der Waals surface area (Å²) in [5, 5.41) is 2.99. The Morgan fingerprint density at radius 2 is 1.44 bits per heavy atom.